The molecule has 0 amide bonds. The SMILES string of the molecule is [2H]c1c([2H])c([2H])c(-c2c3c([2H])c([2H])c([2H])c([2H])c3c(-c3cccc(-c4ccc(-c5cccc6ccccc56)c5ccccc45)c3)c3c([2H])c([2H])c([2H])c([2H])c23)c([2H])c1[2H]. The van der Waals surface area contributed by atoms with E-state index in [0.29, 0.717) is 5.56 Å². The van der Waals surface area contributed by atoms with Crippen LogP contribution in [0.1, 0.15) is 17.8 Å². The molecule has 0 atom stereocenters. The standard InChI is InChI=1S/C46H30/c1-2-15-32(16-3-1)45-41-23-8-10-25-43(41)46(44-26-11-9-24-42(44)45)34-19-12-18-33(30-34)36-28-29-40(39-22-7-6-21-37(36)39)38-27-13-17-31-14-4-5-20-35(31)38/h1-30H/i1D,2D,3D,8D,9D,10D,11D,15D,16D,23D,24D,25D,26D. The van der Waals surface area contributed by atoms with Crippen molar-refractivity contribution in [2.45, 2.75) is 0 Å². The van der Waals surface area contributed by atoms with Crippen molar-refractivity contribution in [1.82, 2.24) is 0 Å². The molecule has 0 heteroatoms. The fourth-order valence-corrected chi connectivity index (χ4v) is 6.63. The third-order valence-corrected chi connectivity index (χ3v) is 8.59. The number of rotatable bonds is 4. The van der Waals surface area contributed by atoms with Gasteiger partial charge >= 0.3 is 0 Å². The zero-order valence-corrected chi connectivity index (χ0v) is 24.3. The van der Waals surface area contributed by atoms with Gasteiger partial charge in [-0.05, 0) is 93.7 Å². The molecule has 0 aromatic heterocycles. The second-order valence-electron chi connectivity index (χ2n) is 11.1. The smallest absolute Gasteiger partial charge is 0.0622 e. The first-order valence-electron chi connectivity index (χ1n) is 21.4. The average Bonchev–Trinajstić information content (AvgIpc) is 3.26. The monoisotopic (exact) mass is 595 g/mol. The Bertz CT molecular complexity index is 3200. The van der Waals surface area contributed by atoms with Gasteiger partial charge < -0.3 is 0 Å². The van der Waals surface area contributed by atoms with E-state index in [0.717, 1.165) is 43.8 Å². The highest BCUT2D eigenvalue weighted by Gasteiger charge is 2.17. The van der Waals surface area contributed by atoms with E-state index >= 15 is 0 Å². The van der Waals surface area contributed by atoms with Gasteiger partial charge in [-0.2, -0.15) is 0 Å². The Hall–Kier alpha value is -5.98. The first kappa shape index (κ1) is 16.4. The molecular formula is C46H30. The van der Waals surface area contributed by atoms with Gasteiger partial charge in [0.05, 0.1) is 17.8 Å². The van der Waals surface area contributed by atoms with Crippen molar-refractivity contribution < 1.29 is 17.8 Å². The predicted molar refractivity (Wildman–Crippen MR) is 198 cm³/mol. The molecule has 0 radical (unpaired) electrons. The first-order valence-corrected chi connectivity index (χ1v) is 14.9. The molecule has 0 N–H and O–H groups in total. The minimum absolute atomic E-state index is 0.0867. The van der Waals surface area contributed by atoms with Crippen LogP contribution in [-0.2, 0) is 0 Å². The summed E-state index contributed by atoms with van der Waals surface area (Å²) in [5.74, 6) is 0. The van der Waals surface area contributed by atoms with E-state index in [-0.39, 0.29) is 32.7 Å². The Labute approximate surface area is 287 Å². The summed E-state index contributed by atoms with van der Waals surface area (Å²) in [6.07, 6.45) is 0. The van der Waals surface area contributed by atoms with Gasteiger partial charge in [-0.25, -0.2) is 0 Å². The Morgan fingerprint density at radius 3 is 1.48 bits per heavy atom. The van der Waals surface area contributed by atoms with Crippen molar-refractivity contribution in [2.75, 3.05) is 0 Å². The topological polar surface area (TPSA) is 0 Å². The maximum absolute atomic E-state index is 9.30. The molecule has 9 aromatic rings. The van der Waals surface area contributed by atoms with Gasteiger partial charge in [0.1, 0.15) is 0 Å². The molecule has 0 aliphatic rings. The van der Waals surface area contributed by atoms with E-state index in [9.17, 15) is 5.48 Å². The molecule has 0 aliphatic heterocycles. The summed E-state index contributed by atoms with van der Waals surface area (Å²) in [7, 11) is 0. The zero-order valence-electron chi connectivity index (χ0n) is 37.3. The second-order valence-corrected chi connectivity index (χ2v) is 11.1. The lowest BCUT2D eigenvalue weighted by Crippen LogP contribution is -1.91. The van der Waals surface area contributed by atoms with Gasteiger partial charge in [-0.15, -0.1) is 0 Å². The summed E-state index contributed by atoms with van der Waals surface area (Å²) in [6.45, 7) is 0. The highest BCUT2D eigenvalue weighted by molar-refractivity contribution is 6.21. The molecule has 0 unspecified atom stereocenters. The van der Waals surface area contributed by atoms with Crippen molar-refractivity contribution in [3.05, 3.63) is 182 Å². The molecule has 0 bridgehead atoms. The molecule has 0 heterocycles. The van der Waals surface area contributed by atoms with Gasteiger partial charge in [0.15, 0.2) is 0 Å². The van der Waals surface area contributed by atoms with Crippen LogP contribution in [0.25, 0.3) is 87.6 Å². The Morgan fingerprint density at radius 1 is 0.304 bits per heavy atom. The lowest BCUT2D eigenvalue weighted by Gasteiger charge is -2.18. The molecule has 0 saturated heterocycles. The van der Waals surface area contributed by atoms with Crippen LogP contribution in [0.2, 0.25) is 0 Å². The summed E-state index contributed by atoms with van der Waals surface area (Å²) in [6, 6.07) is 25.5. The number of hydrogen-bond donors (Lipinski definition) is 0. The Kier molecular flexibility index (Phi) is 3.87. The van der Waals surface area contributed by atoms with Gasteiger partial charge in [0, 0.05) is 0 Å². The fourth-order valence-electron chi connectivity index (χ4n) is 6.63. The van der Waals surface area contributed by atoms with Crippen molar-refractivity contribution in [3.63, 3.8) is 0 Å². The molecule has 0 fully saturated rings. The van der Waals surface area contributed by atoms with Crippen LogP contribution in [0.15, 0.2) is 182 Å². The highest BCUT2D eigenvalue weighted by atomic mass is 14.2. The maximum Gasteiger partial charge on any atom is 0.0629 e. The third kappa shape index (κ3) is 4.23. The number of fused-ring (bicyclic) bond motifs is 4. The lowest BCUT2D eigenvalue weighted by molar-refractivity contribution is 1.62. The van der Waals surface area contributed by atoms with E-state index in [1.807, 2.05) is 54.6 Å². The van der Waals surface area contributed by atoms with Crippen molar-refractivity contribution in [3.8, 4) is 44.5 Å². The van der Waals surface area contributed by atoms with Crippen molar-refractivity contribution >= 4 is 43.1 Å². The van der Waals surface area contributed by atoms with Crippen molar-refractivity contribution in [1.29, 1.82) is 0 Å². The maximum atomic E-state index is 9.30. The summed E-state index contributed by atoms with van der Waals surface area (Å²) in [4.78, 5) is 0. The summed E-state index contributed by atoms with van der Waals surface area (Å²) >= 11 is 0. The summed E-state index contributed by atoms with van der Waals surface area (Å²) < 4.78 is 115. The van der Waals surface area contributed by atoms with Gasteiger partial charge in [-0.1, -0.05) is 176 Å². The third-order valence-electron chi connectivity index (χ3n) is 8.59. The normalized spacial score (nSPS) is 15.4. The fraction of sp³-hybridized carbons (Fsp3) is 0. The zero-order chi connectivity index (χ0) is 41.8. The highest BCUT2D eigenvalue weighted by Crippen LogP contribution is 2.45. The lowest BCUT2D eigenvalue weighted by atomic mass is 9.85. The number of benzene rings is 9. The van der Waals surface area contributed by atoms with Gasteiger partial charge in [0.25, 0.3) is 0 Å². The van der Waals surface area contributed by atoms with Crippen LogP contribution < -0.4 is 0 Å². The van der Waals surface area contributed by atoms with E-state index in [1.165, 1.54) is 0 Å². The minimum Gasteiger partial charge on any atom is -0.0622 e. The van der Waals surface area contributed by atoms with E-state index in [4.69, 9.17) is 12.3 Å². The molecule has 0 spiro atoms. The molecule has 9 rings (SSSR count). The van der Waals surface area contributed by atoms with E-state index < -0.39 is 84.1 Å². The largest absolute Gasteiger partial charge is 0.0629 e. The Balaban J connectivity index is 1.42. The van der Waals surface area contributed by atoms with Crippen LogP contribution in [0.3, 0.4) is 0 Å². The molecule has 9 aromatic carbocycles. The van der Waals surface area contributed by atoms with Crippen LogP contribution >= 0.6 is 0 Å². The summed E-state index contributed by atoms with van der Waals surface area (Å²) in [5, 5.41) is 3.43. The van der Waals surface area contributed by atoms with Gasteiger partial charge in [-0.3, -0.25) is 0 Å². The number of hydrogen-bond acceptors (Lipinski definition) is 0. The van der Waals surface area contributed by atoms with Crippen LogP contribution in [0.4, 0.5) is 0 Å². The molecule has 214 valence electrons. The first-order chi connectivity index (χ1) is 28.2. The predicted octanol–water partition coefficient (Wildman–Crippen LogP) is 13.0. The van der Waals surface area contributed by atoms with E-state index in [1.54, 1.807) is 12.1 Å². The molecular weight excluding hydrogens is 553 g/mol. The van der Waals surface area contributed by atoms with Crippen molar-refractivity contribution in [2.24, 2.45) is 0 Å². The Morgan fingerprint density at radius 2 is 0.783 bits per heavy atom. The van der Waals surface area contributed by atoms with E-state index in [2.05, 4.69) is 36.4 Å². The van der Waals surface area contributed by atoms with Crippen LogP contribution in [0, 0.1) is 0 Å². The van der Waals surface area contributed by atoms with Crippen LogP contribution in [0.5, 0.6) is 0 Å². The average molecular weight is 596 g/mol. The molecule has 0 saturated carbocycles. The summed E-state index contributed by atoms with van der Waals surface area (Å²) in [5.41, 5.74) is 3.39. The van der Waals surface area contributed by atoms with Gasteiger partial charge in [0.2, 0.25) is 0 Å². The molecule has 0 aliphatic carbocycles. The molecule has 0 nitrogen and oxygen atoms in total. The quantitative estimate of drug-likeness (QED) is 0.178. The van der Waals surface area contributed by atoms with Crippen LogP contribution in [-0.4, -0.2) is 0 Å². The molecule has 46 heavy (non-hydrogen) atoms. The second kappa shape index (κ2) is 10.9. The minimum atomic E-state index is -0.709.